The maximum absolute atomic E-state index is 14.3. The molecular formula is C25H21FN2O3. The van der Waals surface area contributed by atoms with Gasteiger partial charge in [-0.2, -0.15) is 5.26 Å². The third kappa shape index (κ3) is 6.00. The van der Waals surface area contributed by atoms with Gasteiger partial charge in [0.2, 0.25) is 0 Å². The number of rotatable bonds is 10. The monoisotopic (exact) mass is 416 g/mol. The van der Waals surface area contributed by atoms with E-state index >= 15 is 0 Å². The lowest BCUT2D eigenvalue weighted by Crippen LogP contribution is -2.11. The van der Waals surface area contributed by atoms with E-state index in [1.165, 1.54) is 12.1 Å². The van der Waals surface area contributed by atoms with E-state index in [-0.39, 0.29) is 25.2 Å². The molecule has 1 unspecified atom stereocenters. The molecule has 156 valence electrons. The standard InChI is InChI=1S/C25H21FN2O3/c26-24-14-22(10-11-23(24)20(15-27)12-13-29)30-16-18-6-8-21(9-7-18)31-17-25(28)19-4-2-1-3-5-19/h1-11,13-14,20,28H,12,16-17H2. The number of halogens is 1. The molecule has 0 aromatic heterocycles. The number of hydrogen-bond acceptors (Lipinski definition) is 5. The van der Waals surface area contributed by atoms with Gasteiger partial charge in [-0.05, 0) is 29.3 Å². The van der Waals surface area contributed by atoms with E-state index in [0.29, 0.717) is 23.5 Å². The van der Waals surface area contributed by atoms with Gasteiger partial charge in [-0.3, -0.25) is 0 Å². The smallest absolute Gasteiger partial charge is 0.131 e. The Labute approximate surface area is 180 Å². The molecule has 3 aromatic rings. The van der Waals surface area contributed by atoms with Gasteiger partial charge in [0.25, 0.3) is 0 Å². The number of benzene rings is 3. The summed E-state index contributed by atoms with van der Waals surface area (Å²) in [5.74, 6) is -0.406. The molecule has 0 amide bonds. The Bertz CT molecular complexity index is 1080. The van der Waals surface area contributed by atoms with Gasteiger partial charge < -0.3 is 19.7 Å². The van der Waals surface area contributed by atoms with Gasteiger partial charge in [-0.25, -0.2) is 4.39 Å². The molecule has 3 aromatic carbocycles. The minimum Gasteiger partial charge on any atom is -0.489 e. The molecule has 5 nitrogen and oxygen atoms in total. The number of nitrogens with zero attached hydrogens (tertiary/aromatic N) is 1. The van der Waals surface area contributed by atoms with Crippen molar-refractivity contribution in [3.8, 4) is 17.6 Å². The second-order valence-electron chi connectivity index (χ2n) is 6.83. The van der Waals surface area contributed by atoms with E-state index in [9.17, 15) is 9.18 Å². The van der Waals surface area contributed by atoms with Crippen LogP contribution in [-0.4, -0.2) is 18.6 Å². The molecule has 6 heteroatoms. The molecule has 0 saturated carbocycles. The summed E-state index contributed by atoms with van der Waals surface area (Å²) in [6.45, 7) is 0.397. The van der Waals surface area contributed by atoms with Crippen molar-refractivity contribution in [2.45, 2.75) is 18.9 Å². The average Bonchev–Trinajstić information content (AvgIpc) is 2.81. The first-order valence-corrected chi connectivity index (χ1v) is 9.70. The number of carbonyl (C=O) groups excluding carboxylic acids is 1. The predicted octanol–water partition coefficient (Wildman–Crippen LogP) is 5.05. The predicted molar refractivity (Wildman–Crippen MR) is 115 cm³/mol. The summed E-state index contributed by atoms with van der Waals surface area (Å²) in [5, 5.41) is 17.1. The fraction of sp³-hybridized carbons (Fsp3) is 0.160. The molecular weight excluding hydrogens is 395 g/mol. The first kappa shape index (κ1) is 21.7. The van der Waals surface area contributed by atoms with Gasteiger partial charge in [0.15, 0.2) is 0 Å². The van der Waals surface area contributed by atoms with Crippen molar-refractivity contribution in [2.75, 3.05) is 6.61 Å². The molecule has 31 heavy (non-hydrogen) atoms. The highest BCUT2D eigenvalue weighted by molar-refractivity contribution is 5.99. The Balaban J connectivity index is 1.53. The van der Waals surface area contributed by atoms with E-state index in [2.05, 4.69) is 0 Å². The molecule has 0 heterocycles. The molecule has 0 aliphatic carbocycles. The lowest BCUT2D eigenvalue weighted by molar-refractivity contribution is -0.108. The van der Waals surface area contributed by atoms with Gasteiger partial charge in [-0.1, -0.05) is 48.5 Å². The first-order chi connectivity index (χ1) is 15.1. The molecule has 0 fully saturated rings. The van der Waals surface area contributed by atoms with Crippen molar-refractivity contribution in [3.63, 3.8) is 0 Å². The topological polar surface area (TPSA) is 83.2 Å². The zero-order valence-corrected chi connectivity index (χ0v) is 16.8. The summed E-state index contributed by atoms with van der Waals surface area (Å²) in [7, 11) is 0. The Hall–Kier alpha value is -3.98. The summed E-state index contributed by atoms with van der Waals surface area (Å²) < 4.78 is 25.6. The third-order valence-electron chi connectivity index (χ3n) is 4.67. The summed E-state index contributed by atoms with van der Waals surface area (Å²) in [6, 6.07) is 22.8. The summed E-state index contributed by atoms with van der Waals surface area (Å²) in [4.78, 5) is 10.6. The molecule has 1 N–H and O–H groups in total. The van der Waals surface area contributed by atoms with Gasteiger partial charge >= 0.3 is 0 Å². The molecule has 0 aliphatic rings. The van der Waals surface area contributed by atoms with Crippen LogP contribution in [0.1, 0.15) is 29.0 Å². The minimum absolute atomic E-state index is 0.0487. The van der Waals surface area contributed by atoms with Crippen LogP contribution in [0.5, 0.6) is 11.5 Å². The van der Waals surface area contributed by atoms with Crippen LogP contribution in [-0.2, 0) is 11.4 Å². The Morgan fingerprint density at radius 3 is 2.39 bits per heavy atom. The van der Waals surface area contributed by atoms with E-state index in [4.69, 9.17) is 20.1 Å². The van der Waals surface area contributed by atoms with Gasteiger partial charge in [0, 0.05) is 18.1 Å². The maximum Gasteiger partial charge on any atom is 0.131 e. The lowest BCUT2D eigenvalue weighted by Gasteiger charge is -2.11. The number of nitrogens with one attached hydrogen (secondary N) is 1. The van der Waals surface area contributed by atoms with Crippen molar-refractivity contribution in [1.29, 1.82) is 10.7 Å². The Morgan fingerprint density at radius 2 is 1.74 bits per heavy atom. The SMILES string of the molecule is N#CC(CC=O)c1ccc(OCc2ccc(OCC(=N)c3ccccc3)cc2)cc1F. The molecule has 0 bridgehead atoms. The fourth-order valence-electron chi connectivity index (χ4n) is 2.95. The highest BCUT2D eigenvalue weighted by Crippen LogP contribution is 2.25. The number of carbonyl (C=O) groups is 1. The summed E-state index contributed by atoms with van der Waals surface area (Å²) in [6.07, 6.45) is 0.558. The van der Waals surface area contributed by atoms with Crippen LogP contribution in [0.25, 0.3) is 0 Å². The summed E-state index contributed by atoms with van der Waals surface area (Å²) in [5.41, 5.74) is 2.26. The Morgan fingerprint density at radius 1 is 1.03 bits per heavy atom. The van der Waals surface area contributed by atoms with Crippen LogP contribution >= 0.6 is 0 Å². The normalized spacial score (nSPS) is 11.2. The van der Waals surface area contributed by atoms with Crippen molar-refractivity contribution < 1.29 is 18.7 Å². The highest BCUT2D eigenvalue weighted by atomic mass is 19.1. The zero-order chi connectivity index (χ0) is 22.1. The quantitative estimate of drug-likeness (QED) is 0.370. The van der Waals surface area contributed by atoms with Crippen molar-refractivity contribution >= 4 is 12.0 Å². The van der Waals surface area contributed by atoms with Crippen molar-refractivity contribution in [3.05, 3.63) is 95.3 Å². The molecule has 0 aliphatic heterocycles. The number of hydrogen-bond donors (Lipinski definition) is 1. The zero-order valence-electron chi connectivity index (χ0n) is 16.8. The second-order valence-corrected chi connectivity index (χ2v) is 6.83. The number of aldehydes is 1. The van der Waals surface area contributed by atoms with Crippen LogP contribution in [0.2, 0.25) is 0 Å². The largest absolute Gasteiger partial charge is 0.489 e. The maximum atomic E-state index is 14.3. The minimum atomic E-state index is -0.803. The van der Waals surface area contributed by atoms with Crippen LogP contribution < -0.4 is 9.47 Å². The van der Waals surface area contributed by atoms with E-state index in [1.807, 2.05) is 48.5 Å². The second kappa shape index (κ2) is 10.7. The molecule has 0 spiro atoms. The fourth-order valence-corrected chi connectivity index (χ4v) is 2.95. The Kier molecular flexibility index (Phi) is 7.50. The molecule has 0 saturated heterocycles. The van der Waals surface area contributed by atoms with Crippen LogP contribution in [0.4, 0.5) is 4.39 Å². The van der Waals surface area contributed by atoms with E-state index < -0.39 is 11.7 Å². The average molecular weight is 416 g/mol. The van der Waals surface area contributed by atoms with E-state index in [0.717, 1.165) is 11.1 Å². The van der Waals surface area contributed by atoms with Gasteiger partial charge in [0.05, 0.1) is 17.7 Å². The van der Waals surface area contributed by atoms with Crippen LogP contribution in [0.15, 0.2) is 72.8 Å². The van der Waals surface area contributed by atoms with Crippen molar-refractivity contribution in [2.24, 2.45) is 0 Å². The van der Waals surface area contributed by atoms with Gasteiger partial charge in [0.1, 0.15) is 36.8 Å². The number of nitriles is 1. The van der Waals surface area contributed by atoms with Crippen LogP contribution in [0, 0.1) is 22.6 Å². The highest BCUT2D eigenvalue weighted by Gasteiger charge is 2.15. The molecule has 3 rings (SSSR count). The van der Waals surface area contributed by atoms with Crippen molar-refractivity contribution in [1.82, 2.24) is 0 Å². The molecule has 1 atom stereocenters. The van der Waals surface area contributed by atoms with Crippen LogP contribution in [0.3, 0.4) is 0 Å². The first-order valence-electron chi connectivity index (χ1n) is 9.70. The number of ether oxygens (including phenoxy) is 2. The van der Waals surface area contributed by atoms with E-state index in [1.54, 1.807) is 18.2 Å². The third-order valence-corrected chi connectivity index (χ3v) is 4.67. The molecule has 0 radical (unpaired) electrons. The summed E-state index contributed by atoms with van der Waals surface area (Å²) >= 11 is 0. The lowest BCUT2D eigenvalue weighted by atomic mass is 9.97. The van der Waals surface area contributed by atoms with Gasteiger partial charge in [-0.15, -0.1) is 0 Å².